The molecule has 1 rings (SSSR count). The van der Waals surface area contributed by atoms with E-state index < -0.39 is 0 Å². The van der Waals surface area contributed by atoms with Gasteiger partial charge in [-0.15, -0.1) is 0 Å². The van der Waals surface area contributed by atoms with Gasteiger partial charge in [0.05, 0.1) is 0 Å². The molecule has 0 aromatic heterocycles. The van der Waals surface area contributed by atoms with Crippen LogP contribution in [-0.2, 0) is 0 Å². The van der Waals surface area contributed by atoms with Crippen molar-refractivity contribution in [3.8, 4) is 5.75 Å². The summed E-state index contributed by atoms with van der Waals surface area (Å²) in [5, 5.41) is 0. The molecule has 0 aliphatic carbocycles. The largest absolute Gasteiger partial charge is 0.492 e. The Morgan fingerprint density at radius 1 is 1.13 bits per heavy atom. The van der Waals surface area contributed by atoms with E-state index in [0.29, 0.717) is 9.65 Å². The van der Waals surface area contributed by atoms with Crippen LogP contribution in [0.3, 0.4) is 0 Å². The lowest BCUT2D eigenvalue weighted by Crippen LogP contribution is -2.12. The Morgan fingerprint density at radius 3 is 2.40 bits per heavy atom. The Bertz CT molecular complexity index is 262. The van der Waals surface area contributed by atoms with Crippen LogP contribution in [0.1, 0.15) is 19.8 Å². The predicted octanol–water partition coefficient (Wildman–Crippen LogP) is 4.39. The smallest absolute Gasteiger partial charge is 0.119 e. The van der Waals surface area contributed by atoms with E-state index in [4.69, 9.17) is 4.74 Å². The summed E-state index contributed by atoms with van der Waals surface area (Å²) in [5.74, 6) is 0.939. The minimum atomic E-state index is 0.428. The van der Waals surface area contributed by atoms with Gasteiger partial charge in [-0.25, -0.2) is 0 Å². The molecule has 0 fully saturated rings. The number of para-hydroxylation sites is 1. The first-order valence-corrected chi connectivity index (χ1v) is 6.97. The highest BCUT2D eigenvalue weighted by Gasteiger charge is 2.06. The summed E-state index contributed by atoms with van der Waals surface area (Å²) in [6.07, 6.45) is 2.29. The summed E-state index contributed by atoms with van der Waals surface area (Å²) in [4.78, 5) is 1.01. The third kappa shape index (κ3) is 6.21. The molecule has 3 heteroatoms. The number of halogens is 2. The standard InChI is InChI=1S/C12H16Br2O/c1-10(13)7-8-11(14)9-15-12-5-3-2-4-6-12/h2-6,10-11H,7-9H2,1H3. The Morgan fingerprint density at radius 2 is 1.80 bits per heavy atom. The van der Waals surface area contributed by atoms with Crippen LogP contribution < -0.4 is 4.74 Å². The number of alkyl halides is 2. The summed E-state index contributed by atoms with van der Waals surface area (Å²) in [6.45, 7) is 2.89. The van der Waals surface area contributed by atoms with E-state index in [1.165, 1.54) is 0 Å². The van der Waals surface area contributed by atoms with Crippen LogP contribution in [0.15, 0.2) is 30.3 Å². The Balaban J connectivity index is 2.19. The predicted molar refractivity (Wildman–Crippen MR) is 72.3 cm³/mol. The molecule has 0 bridgehead atoms. The zero-order valence-electron chi connectivity index (χ0n) is 8.83. The van der Waals surface area contributed by atoms with Gasteiger partial charge in [-0.1, -0.05) is 57.0 Å². The average molecular weight is 336 g/mol. The van der Waals surface area contributed by atoms with Gasteiger partial charge in [-0.05, 0) is 25.0 Å². The summed E-state index contributed by atoms with van der Waals surface area (Å²) >= 11 is 7.16. The van der Waals surface area contributed by atoms with Gasteiger partial charge in [-0.2, -0.15) is 0 Å². The second kappa shape index (κ2) is 7.29. The van der Waals surface area contributed by atoms with Gasteiger partial charge in [0.2, 0.25) is 0 Å². The van der Waals surface area contributed by atoms with Crippen molar-refractivity contribution in [1.82, 2.24) is 0 Å². The van der Waals surface area contributed by atoms with E-state index >= 15 is 0 Å². The first-order chi connectivity index (χ1) is 7.18. The lowest BCUT2D eigenvalue weighted by molar-refractivity contribution is 0.313. The van der Waals surface area contributed by atoms with Gasteiger partial charge in [0, 0.05) is 9.65 Å². The highest BCUT2D eigenvalue weighted by Crippen LogP contribution is 2.16. The zero-order valence-corrected chi connectivity index (χ0v) is 12.0. The molecule has 0 aliphatic heterocycles. The summed E-state index contributed by atoms with van der Waals surface area (Å²) in [7, 11) is 0. The molecule has 0 radical (unpaired) electrons. The Kier molecular flexibility index (Phi) is 6.34. The fourth-order valence-corrected chi connectivity index (χ4v) is 1.86. The summed E-state index contributed by atoms with van der Waals surface area (Å²) < 4.78 is 5.64. The second-order valence-electron chi connectivity index (χ2n) is 3.58. The average Bonchev–Trinajstić information content (AvgIpc) is 2.25. The maximum absolute atomic E-state index is 5.64. The van der Waals surface area contributed by atoms with Crippen molar-refractivity contribution >= 4 is 31.9 Å². The van der Waals surface area contributed by atoms with E-state index in [1.807, 2.05) is 30.3 Å². The van der Waals surface area contributed by atoms with Crippen molar-refractivity contribution in [1.29, 1.82) is 0 Å². The van der Waals surface area contributed by atoms with Crippen molar-refractivity contribution < 1.29 is 4.74 Å². The number of benzene rings is 1. The van der Waals surface area contributed by atoms with Gasteiger partial charge >= 0.3 is 0 Å². The van der Waals surface area contributed by atoms with Crippen LogP contribution in [-0.4, -0.2) is 16.3 Å². The molecule has 0 saturated carbocycles. The summed E-state index contributed by atoms with van der Waals surface area (Å²) in [6, 6.07) is 9.92. The van der Waals surface area contributed by atoms with Gasteiger partial charge in [0.15, 0.2) is 0 Å². The first kappa shape index (κ1) is 13.0. The molecule has 0 N–H and O–H groups in total. The molecule has 2 unspecified atom stereocenters. The number of hydrogen-bond donors (Lipinski definition) is 0. The van der Waals surface area contributed by atoms with Crippen molar-refractivity contribution in [3.63, 3.8) is 0 Å². The molecule has 1 aromatic carbocycles. The highest BCUT2D eigenvalue weighted by atomic mass is 79.9. The van der Waals surface area contributed by atoms with E-state index in [-0.39, 0.29) is 0 Å². The van der Waals surface area contributed by atoms with E-state index in [1.54, 1.807) is 0 Å². The lowest BCUT2D eigenvalue weighted by Gasteiger charge is -2.12. The van der Waals surface area contributed by atoms with E-state index in [0.717, 1.165) is 25.2 Å². The molecule has 0 saturated heterocycles. The monoisotopic (exact) mass is 334 g/mol. The molecular formula is C12H16Br2O. The Labute approximate surface area is 108 Å². The van der Waals surface area contributed by atoms with Gasteiger partial charge in [0.25, 0.3) is 0 Å². The SMILES string of the molecule is CC(Br)CCC(Br)COc1ccccc1. The third-order valence-corrected chi connectivity index (χ3v) is 3.23. The molecule has 1 nitrogen and oxygen atoms in total. The topological polar surface area (TPSA) is 9.23 Å². The maximum atomic E-state index is 5.64. The molecule has 84 valence electrons. The van der Waals surface area contributed by atoms with E-state index in [2.05, 4.69) is 38.8 Å². The lowest BCUT2D eigenvalue weighted by atomic mass is 10.2. The summed E-state index contributed by atoms with van der Waals surface area (Å²) in [5.41, 5.74) is 0. The number of ether oxygens (including phenoxy) is 1. The minimum absolute atomic E-state index is 0.428. The van der Waals surface area contributed by atoms with Crippen molar-refractivity contribution in [3.05, 3.63) is 30.3 Å². The number of hydrogen-bond acceptors (Lipinski definition) is 1. The third-order valence-electron chi connectivity index (χ3n) is 2.05. The van der Waals surface area contributed by atoms with Crippen LogP contribution in [0.5, 0.6) is 5.75 Å². The molecule has 0 spiro atoms. The molecule has 0 aliphatic rings. The van der Waals surface area contributed by atoms with E-state index in [9.17, 15) is 0 Å². The molecule has 2 atom stereocenters. The first-order valence-electron chi connectivity index (χ1n) is 5.14. The molecule has 1 aromatic rings. The molecule has 0 amide bonds. The highest BCUT2D eigenvalue weighted by molar-refractivity contribution is 9.09. The van der Waals surface area contributed by atoms with Crippen molar-refractivity contribution in [2.75, 3.05) is 6.61 Å². The van der Waals surface area contributed by atoms with Crippen LogP contribution in [0, 0.1) is 0 Å². The van der Waals surface area contributed by atoms with Crippen molar-refractivity contribution in [2.45, 2.75) is 29.4 Å². The number of rotatable bonds is 6. The zero-order chi connectivity index (χ0) is 11.1. The fraction of sp³-hybridized carbons (Fsp3) is 0.500. The Hall–Kier alpha value is -0.0200. The molecular weight excluding hydrogens is 320 g/mol. The van der Waals surface area contributed by atoms with Crippen LogP contribution in [0.25, 0.3) is 0 Å². The maximum Gasteiger partial charge on any atom is 0.119 e. The second-order valence-corrected chi connectivity index (χ2v) is 6.44. The fourth-order valence-electron chi connectivity index (χ4n) is 1.20. The van der Waals surface area contributed by atoms with Gasteiger partial charge in [-0.3, -0.25) is 0 Å². The van der Waals surface area contributed by atoms with Crippen LogP contribution in [0.2, 0.25) is 0 Å². The quantitative estimate of drug-likeness (QED) is 0.700. The van der Waals surface area contributed by atoms with Gasteiger partial charge < -0.3 is 4.74 Å². The normalized spacial score (nSPS) is 14.6. The minimum Gasteiger partial charge on any atom is -0.492 e. The van der Waals surface area contributed by atoms with Crippen LogP contribution in [0.4, 0.5) is 0 Å². The molecule has 15 heavy (non-hydrogen) atoms. The molecule has 0 heterocycles. The van der Waals surface area contributed by atoms with Gasteiger partial charge in [0.1, 0.15) is 12.4 Å². The van der Waals surface area contributed by atoms with Crippen LogP contribution >= 0.6 is 31.9 Å². The van der Waals surface area contributed by atoms with Crippen molar-refractivity contribution in [2.24, 2.45) is 0 Å².